The SMILES string of the molecule is COc1ccc2cc(-c3[se]c4ccccc4c(=O)c3CC(S(=O)(=O)C(F)(F)F)S(=O)(=O)C(F)(F)F)ccc2c1. The second-order valence-corrected chi connectivity index (χ2v) is 15.0. The molecule has 39 heavy (non-hydrogen) atoms. The first-order valence-electron chi connectivity index (χ1n) is 10.7. The van der Waals surface area contributed by atoms with Gasteiger partial charge in [0.25, 0.3) is 0 Å². The van der Waals surface area contributed by atoms with Gasteiger partial charge in [-0.1, -0.05) is 0 Å². The second-order valence-electron chi connectivity index (χ2n) is 8.28. The van der Waals surface area contributed by atoms with Crippen LogP contribution in [0.15, 0.2) is 65.5 Å². The van der Waals surface area contributed by atoms with Crippen molar-refractivity contribution in [1.82, 2.24) is 0 Å². The molecule has 0 unspecified atom stereocenters. The number of hydrogen-bond donors (Lipinski definition) is 0. The molecule has 0 saturated heterocycles. The van der Waals surface area contributed by atoms with E-state index in [0.717, 1.165) is 0 Å². The van der Waals surface area contributed by atoms with Gasteiger partial charge >= 0.3 is 224 Å². The molecule has 4 aromatic rings. The maximum absolute atomic E-state index is 13.4. The fraction of sp³-hybridized carbons (Fsp3) is 0.208. The number of fused-ring (bicyclic) bond motifs is 2. The topological polar surface area (TPSA) is 94.6 Å². The molecular formula is C24H16F6O6S2Se. The van der Waals surface area contributed by atoms with Crippen molar-refractivity contribution >= 4 is 54.6 Å². The Kier molecular flexibility index (Phi) is 7.43. The third-order valence-corrected chi connectivity index (χ3v) is 13.1. The van der Waals surface area contributed by atoms with E-state index in [9.17, 15) is 48.0 Å². The molecule has 3 aromatic carbocycles. The van der Waals surface area contributed by atoms with Crippen molar-refractivity contribution in [3.05, 3.63) is 76.5 Å². The van der Waals surface area contributed by atoms with E-state index in [-0.39, 0.29) is 15.4 Å². The van der Waals surface area contributed by atoms with Crippen LogP contribution in [0.4, 0.5) is 26.3 Å². The van der Waals surface area contributed by atoms with Crippen LogP contribution in [0.2, 0.25) is 0 Å². The van der Waals surface area contributed by atoms with Crippen molar-refractivity contribution in [1.29, 1.82) is 0 Å². The summed E-state index contributed by atoms with van der Waals surface area (Å²) in [5.41, 5.74) is -14.2. The van der Waals surface area contributed by atoms with E-state index >= 15 is 0 Å². The molecular weight excluding hydrogens is 641 g/mol. The molecule has 0 N–H and O–H groups in total. The zero-order chi connectivity index (χ0) is 29.0. The molecule has 15 heteroatoms. The van der Waals surface area contributed by atoms with Crippen LogP contribution in [0, 0.1) is 0 Å². The van der Waals surface area contributed by atoms with E-state index in [0.29, 0.717) is 20.8 Å². The zero-order valence-corrected chi connectivity index (χ0v) is 22.8. The fourth-order valence-corrected chi connectivity index (χ4v) is 9.78. The summed E-state index contributed by atoms with van der Waals surface area (Å²) in [5, 5.41) is 1.17. The molecule has 0 aliphatic rings. The van der Waals surface area contributed by atoms with Crippen molar-refractivity contribution in [3.63, 3.8) is 0 Å². The minimum absolute atomic E-state index is 0.0244. The second kappa shape index (κ2) is 9.95. The molecule has 1 heterocycles. The number of hydrogen-bond acceptors (Lipinski definition) is 6. The Morgan fingerprint density at radius 2 is 1.38 bits per heavy atom. The normalized spacial score (nSPS) is 13.3. The average Bonchev–Trinajstić information content (AvgIpc) is 2.85. The number of sulfone groups is 2. The molecule has 0 spiro atoms. The third kappa shape index (κ3) is 5.20. The van der Waals surface area contributed by atoms with Gasteiger partial charge in [0.1, 0.15) is 0 Å². The van der Waals surface area contributed by atoms with Gasteiger partial charge in [-0.05, 0) is 0 Å². The molecule has 1 aromatic heterocycles. The maximum atomic E-state index is 13.4. The van der Waals surface area contributed by atoms with E-state index in [2.05, 4.69) is 0 Å². The summed E-state index contributed by atoms with van der Waals surface area (Å²) in [4.78, 5) is 13.4. The van der Waals surface area contributed by atoms with Gasteiger partial charge in [-0.2, -0.15) is 0 Å². The van der Waals surface area contributed by atoms with Crippen LogP contribution in [0.1, 0.15) is 5.56 Å². The number of ether oxygens (including phenoxy) is 1. The van der Waals surface area contributed by atoms with Crippen molar-refractivity contribution in [2.45, 2.75) is 22.0 Å². The van der Waals surface area contributed by atoms with E-state index in [4.69, 9.17) is 4.74 Å². The predicted molar refractivity (Wildman–Crippen MR) is 134 cm³/mol. The molecule has 0 aliphatic carbocycles. The predicted octanol–water partition coefficient (Wildman–Crippen LogP) is 4.82. The van der Waals surface area contributed by atoms with Crippen LogP contribution in [-0.4, -0.2) is 54.0 Å². The summed E-state index contributed by atoms with van der Waals surface area (Å²) in [5.74, 6) is 0.513. The van der Waals surface area contributed by atoms with Crippen LogP contribution in [-0.2, 0) is 26.1 Å². The number of benzene rings is 3. The van der Waals surface area contributed by atoms with E-state index in [1.165, 1.54) is 31.4 Å². The van der Waals surface area contributed by atoms with E-state index < -0.39 is 67.2 Å². The Balaban J connectivity index is 2.04. The minimum atomic E-state index is -6.93. The Morgan fingerprint density at radius 3 is 1.97 bits per heavy atom. The van der Waals surface area contributed by atoms with Gasteiger partial charge in [-0.25, -0.2) is 0 Å². The standard InChI is InChI=1S/C24H16F6O6S2Se/c1-36-16-9-8-13-10-15(7-6-14(13)11-16)22-18(21(31)17-4-2-3-5-19(17)39-22)12-20(37(32,33)23(25,26)27)38(34,35)24(28,29)30/h2-11,20H,12H2,1H3. The molecule has 4 rings (SSSR count). The Morgan fingerprint density at radius 1 is 0.821 bits per heavy atom. The van der Waals surface area contributed by atoms with Gasteiger partial charge < -0.3 is 0 Å². The average molecular weight is 657 g/mol. The summed E-state index contributed by atoms with van der Waals surface area (Å²) in [6.45, 7) is 0. The number of rotatable bonds is 6. The summed E-state index contributed by atoms with van der Waals surface area (Å²) >= 11 is -0.908. The third-order valence-electron chi connectivity index (χ3n) is 5.91. The van der Waals surface area contributed by atoms with Crippen LogP contribution >= 0.6 is 0 Å². The molecule has 0 bridgehead atoms. The number of halogens is 6. The van der Waals surface area contributed by atoms with Crippen LogP contribution in [0.25, 0.3) is 30.4 Å². The van der Waals surface area contributed by atoms with Crippen molar-refractivity contribution < 1.29 is 47.9 Å². The monoisotopic (exact) mass is 658 g/mol. The summed E-state index contributed by atoms with van der Waals surface area (Å²) in [7, 11) is -12.4. The first-order valence-corrected chi connectivity index (χ1v) is 15.5. The molecule has 0 fully saturated rings. The van der Waals surface area contributed by atoms with Gasteiger partial charge in [-0.15, -0.1) is 0 Å². The van der Waals surface area contributed by atoms with Gasteiger partial charge in [0, 0.05) is 0 Å². The Labute approximate surface area is 223 Å². The molecule has 0 amide bonds. The van der Waals surface area contributed by atoms with Gasteiger partial charge in [-0.3, -0.25) is 0 Å². The molecule has 0 atom stereocenters. The Bertz CT molecular complexity index is 1820. The van der Waals surface area contributed by atoms with E-state index in [1.54, 1.807) is 36.4 Å². The number of methoxy groups -OCH3 is 1. The quantitative estimate of drug-likeness (QED) is 0.218. The molecule has 0 radical (unpaired) electrons. The van der Waals surface area contributed by atoms with Gasteiger partial charge in [0.15, 0.2) is 0 Å². The van der Waals surface area contributed by atoms with E-state index in [1.807, 2.05) is 0 Å². The summed E-state index contributed by atoms with van der Waals surface area (Å²) < 4.78 is 131. The molecule has 0 aliphatic heterocycles. The Hall–Kier alpha value is -2.87. The van der Waals surface area contributed by atoms with Crippen LogP contribution < -0.4 is 10.2 Å². The van der Waals surface area contributed by atoms with Crippen molar-refractivity contribution in [2.75, 3.05) is 7.11 Å². The fourth-order valence-electron chi connectivity index (χ4n) is 3.94. The number of alkyl halides is 6. The zero-order valence-electron chi connectivity index (χ0n) is 19.5. The van der Waals surface area contributed by atoms with Gasteiger partial charge in [0.05, 0.1) is 0 Å². The van der Waals surface area contributed by atoms with Gasteiger partial charge in [0.2, 0.25) is 0 Å². The van der Waals surface area contributed by atoms with Crippen molar-refractivity contribution in [3.8, 4) is 15.8 Å². The molecule has 0 saturated carbocycles. The molecule has 208 valence electrons. The summed E-state index contributed by atoms with van der Waals surface area (Å²) in [6.07, 6.45) is -1.84. The first kappa shape index (κ1) is 29.1. The molecule has 6 nitrogen and oxygen atoms in total. The van der Waals surface area contributed by atoms with Crippen LogP contribution in [0.3, 0.4) is 0 Å². The summed E-state index contributed by atoms with van der Waals surface area (Å²) in [6, 6.07) is 15.3. The first-order chi connectivity index (χ1) is 18.0. The van der Waals surface area contributed by atoms with Crippen LogP contribution in [0.5, 0.6) is 5.75 Å². The van der Waals surface area contributed by atoms with Crippen molar-refractivity contribution in [2.24, 2.45) is 0 Å².